The van der Waals surface area contributed by atoms with Crippen LogP contribution in [0.25, 0.3) is 10.9 Å². The Hall–Kier alpha value is -6.96. The number of halogens is 1. The van der Waals surface area contributed by atoms with Crippen LogP contribution in [0.15, 0.2) is 70.7 Å². The van der Waals surface area contributed by atoms with Crippen LogP contribution in [0.1, 0.15) is 121 Å². The maximum atomic E-state index is 16.1. The first kappa shape index (κ1) is 52.4. The number of pyridine rings is 1. The van der Waals surface area contributed by atoms with Crippen molar-refractivity contribution >= 4 is 52.1 Å². The average Bonchev–Trinajstić information content (AvgIpc) is 4.04. The van der Waals surface area contributed by atoms with E-state index in [4.69, 9.17) is 18.9 Å². The minimum atomic E-state index is -2.18. The summed E-state index contributed by atoms with van der Waals surface area (Å²) in [6.45, 7) is 12.4. The quantitative estimate of drug-likeness (QED) is 0.146. The fourth-order valence-electron chi connectivity index (χ4n) is 10.5. The number of Topliss-reactive ketones (excluding diaryl/α,β-unsaturated/α-hetero) is 3. The lowest BCUT2D eigenvalue weighted by Gasteiger charge is -2.38. The molecule has 2 aromatic carbocycles. The van der Waals surface area contributed by atoms with Gasteiger partial charge in [0.25, 0.3) is 11.7 Å². The molecule has 18 nitrogen and oxygen atoms in total. The van der Waals surface area contributed by atoms with Crippen molar-refractivity contribution < 1.29 is 67.4 Å². The monoisotopic (exact) mass is 1010 g/mol. The topological polar surface area (TPSA) is 249 Å². The molecule has 1 saturated carbocycles. The second-order valence-electron chi connectivity index (χ2n) is 20.1. The van der Waals surface area contributed by atoms with Crippen molar-refractivity contribution in [1.29, 1.82) is 0 Å². The van der Waals surface area contributed by atoms with E-state index in [1.54, 1.807) is 44.7 Å². The van der Waals surface area contributed by atoms with Crippen LogP contribution < -0.4 is 25.7 Å². The van der Waals surface area contributed by atoms with Crippen LogP contribution in [0.5, 0.6) is 11.5 Å². The number of ether oxygens (including phenoxy) is 4. The zero-order valence-corrected chi connectivity index (χ0v) is 42.1. The molecular formula is C54H61FN4O14. The van der Waals surface area contributed by atoms with Crippen molar-refractivity contribution in [2.45, 2.75) is 117 Å². The van der Waals surface area contributed by atoms with Crippen molar-refractivity contribution in [2.24, 2.45) is 23.7 Å². The number of aromatic hydroxyl groups is 1. The summed E-state index contributed by atoms with van der Waals surface area (Å²) in [4.78, 5) is 97.8. The van der Waals surface area contributed by atoms with Crippen LogP contribution in [0, 0.1) is 36.4 Å². The Morgan fingerprint density at radius 1 is 0.959 bits per heavy atom. The van der Waals surface area contributed by atoms with Gasteiger partial charge in [0.1, 0.15) is 34.8 Å². The molecule has 0 radical (unpaired) electrons. The lowest BCUT2D eigenvalue weighted by atomic mass is 9.78. The summed E-state index contributed by atoms with van der Waals surface area (Å²) < 4.78 is 41.5. The number of aliphatic hydroxyl groups excluding tert-OH is 2. The van der Waals surface area contributed by atoms with Gasteiger partial charge in [-0.25, -0.2) is 4.39 Å². The molecule has 6 aliphatic rings. The SMILES string of the molecule is CO[C@H]1/C=C/O[C@@]2(C)Oc3c(C)c(O)c4c(c3C2=O)C(=O)C(N[C@H]2CCN(c3cc5c(cc3F)c(=O)c(C=O)cn5C3CC3)C2)=C(NC(=O)/C(C)=C\C=C\[C@H](C)[C@H](O)[C@@H](C)[C@@H](O)[C@@H](C)[C@H](OC(C)=O)[C@@H]1C)C4=O. The fraction of sp³-hybridized carbons (Fsp3) is 0.463. The minimum absolute atomic E-state index is 0.0343. The zero-order valence-electron chi connectivity index (χ0n) is 42.1. The van der Waals surface area contributed by atoms with E-state index < -0.39 is 129 Å². The number of fused-ring (bicyclic) bond motifs is 15. The van der Waals surface area contributed by atoms with Crippen molar-refractivity contribution in [1.82, 2.24) is 15.2 Å². The number of hydrogen-bond acceptors (Lipinski definition) is 16. The van der Waals surface area contributed by atoms with Gasteiger partial charge >= 0.3 is 11.8 Å². The van der Waals surface area contributed by atoms with Gasteiger partial charge in [-0.3, -0.25) is 33.6 Å². The standard InChI is InChI=1S/C54H61FN4O14/c1-24-11-10-12-25(2)53(69)57-43-42(56-32-15-17-58(22-32)37-20-36-34(19-35(37)55)47(65)31(23-60)21-59(36)33-13-14-33)48(66)39-40(49(43)67)46(64)29(6)51-41(39)52(68)54(8,73-51)71-18-16-38(70-9)26(3)50(72-30(7)61)28(5)45(63)27(4)44(24)62/h10-12,16,18-21,23-24,26-28,32-33,38,44-45,50,56,62-64H,13-15,17,22H2,1-9H3,(H,57,69)/b11-10+,18-16+,25-12-/t24-,26+,27+,28+,32-,38-,44-,45+,50+,54-/m0/s1. The predicted molar refractivity (Wildman–Crippen MR) is 264 cm³/mol. The van der Waals surface area contributed by atoms with E-state index in [1.165, 1.54) is 59.2 Å². The van der Waals surface area contributed by atoms with Gasteiger partial charge < -0.3 is 54.4 Å². The molecule has 3 aromatic rings. The number of phenols is 1. The largest absolute Gasteiger partial charge is 0.507 e. The Bertz CT molecular complexity index is 3030. The number of aromatic nitrogens is 1. The number of benzene rings is 2. The summed E-state index contributed by atoms with van der Waals surface area (Å²) in [5.74, 6) is -10.8. The first-order valence-electron chi connectivity index (χ1n) is 24.4. The molecule has 4 aliphatic heterocycles. The highest BCUT2D eigenvalue weighted by molar-refractivity contribution is 6.32. The van der Waals surface area contributed by atoms with E-state index in [-0.39, 0.29) is 64.6 Å². The summed E-state index contributed by atoms with van der Waals surface area (Å²) in [7, 11) is 1.40. The Morgan fingerprint density at radius 3 is 2.33 bits per heavy atom. The van der Waals surface area contributed by atoms with E-state index >= 15 is 9.18 Å². The van der Waals surface area contributed by atoms with E-state index in [9.17, 15) is 44.1 Å². The molecule has 1 amide bonds. The number of esters is 1. The number of hydrogen-bond donors (Lipinski definition) is 5. The second-order valence-corrected chi connectivity index (χ2v) is 20.1. The van der Waals surface area contributed by atoms with Crippen LogP contribution in [0.2, 0.25) is 0 Å². The maximum Gasteiger partial charge on any atom is 0.312 e. The third-order valence-corrected chi connectivity index (χ3v) is 15.0. The van der Waals surface area contributed by atoms with Crippen LogP contribution >= 0.6 is 0 Å². The molecule has 73 heavy (non-hydrogen) atoms. The number of carbonyl (C=O) groups excluding carboxylic acids is 6. The van der Waals surface area contributed by atoms with Crippen LogP contribution in [0.3, 0.4) is 0 Å². The molecule has 388 valence electrons. The highest BCUT2D eigenvalue weighted by Crippen LogP contribution is 2.49. The highest BCUT2D eigenvalue weighted by Gasteiger charge is 2.53. The molecule has 19 heteroatoms. The van der Waals surface area contributed by atoms with E-state index in [0.717, 1.165) is 25.2 Å². The molecule has 5 heterocycles. The van der Waals surface area contributed by atoms with Crippen molar-refractivity contribution in [3.8, 4) is 11.5 Å². The lowest BCUT2D eigenvalue weighted by Crippen LogP contribution is -2.46. The number of anilines is 1. The molecule has 2 fully saturated rings. The summed E-state index contributed by atoms with van der Waals surface area (Å²) in [6.07, 6.45) is 6.88. The van der Waals surface area contributed by atoms with E-state index in [2.05, 4.69) is 10.6 Å². The van der Waals surface area contributed by atoms with Gasteiger partial charge in [0, 0.05) is 92.5 Å². The molecule has 1 saturated heterocycles. The molecule has 10 atom stereocenters. The molecule has 1 aromatic heterocycles. The fourth-order valence-corrected chi connectivity index (χ4v) is 10.5. The molecule has 9 rings (SSSR count). The van der Waals surface area contributed by atoms with E-state index in [1.807, 2.05) is 4.57 Å². The Kier molecular flexibility index (Phi) is 14.5. The minimum Gasteiger partial charge on any atom is -0.507 e. The van der Waals surface area contributed by atoms with Crippen molar-refractivity contribution in [2.75, 3.05) is 25.1 Å². The normalized spacial score (nSPS) is 30.6. The number of nitrogens with one attached hydrogen (secondary N) is 2. The zero-order chi connectivity index (χ0) is 53.1. The average molecular weight is 1010 g/mol. The van der Waals surface area contributed by atoms with Crippen molar-refractivity contribution in [3.05, 3.63) is 110 Å². The van der Waals surface area contributed by atoms with Crippen molar-refractivity contribution in [3.63, 3.8) is 0 Å². The van der Waals surface area contributed by atoms with E-state index in [0.29, 0.717) is 11.8 Å². The first-order valence-corrected chi connectivity index (χ1v) is 24.4. The van der Waals surface area contributed by atoms with Gasteiger partial charge in [-0.05, 0) is 51.3 Å². The predicted octanol–water partition coefficient (Wildman–Crippen LogP) is 5.43. The number of ketones is 3. The summed E-state index contributed by atoms with van der Waals surface area (Å²) in [5.41, 5.74) is -2.44. The number of amides is 1. The number of aliphatic hydroxyl groups is 2. The first-order chi connectivity index (χ1) is 34.5. The summed E-state index contributed by atoms with van der Waals surface area (Å²) in [5, 5.41) is 40.6. The number of methoxy groups -OCH3 is 1. The highest BCUT2D eigenvalue weighted by atomic mass is 19.1. The Balaban J connectivity index is 1.20. The molecule has 2 aliphatic carbocycles. The summed E-state index contributed by atoms with van der Waals surface area (Å²) >= 11 is 0. The number of allylic oxidation sites excluding steroid dienone is 4. The summed E-state index contributed by atoms with van der Waals surface area (Å²) in [6, 6.07) is 2.03. The van der Waals surface area contributed by atoms with Gasteiger partial charge in [-0.15, -0.1) is 0 Å². The van der Waals surface area contributed by atoms with Gasteiger partial charge in [-0.1, -0.05) is 45.9 Å². The number of carbonyl (C=O) groups is 6. The number of aldehydes is 1. The molecule has 5 bridgehead atoms. The molecule has 5 N–H and O–H groups in total. The third-order valence-electron chi connectivity index (χ3n) is 15.0. The number of nitrogens with zero attached hydrogens (tertiary/aromatic N) is 2. The second kappa shape index (κ2) is 20.2. The van der Waals surface area contributed by atoms with Crippen LogP contribution in [-0.2, 0) is 23.8 Å². The third kappa shape index (κ3) is 9.49. The van der Waals surface area contributed by atoms with Crippen LogP contribution in [0.4, 0.5) is 10.1 Å². The number of rotatable bonds is 7. The Morgan fingerprint density at radius 2 is 1.67 bits per heavy atom. The van der Waals surface area contributed by atoms with Gasteiger partial charge in [0.15, 0.2) is 11.7 Å². The Labute approximate surface area is 420 Å². The lowest BCUT2D eigenvalue weighted by molar-refractivity contribution is -0.160. The van der Waals surface area contributed by atoms with Crippen LogP contribution in [-0.4, -0.2) is 112 Å². The number of phenolic OH excluding ortho intramolecular Hbond substituents is 1. The maximum absolute atomic E-state index is 16.1. The molecule has 0 spiro atoms. The van der Waals surface area contributed by atoms with Gasteiger partial charge in [0.05, 0.1) is 58.0 Å². The van der Waals surface area contributed by atoms with Gasteiger partial charge in [0.2, 0.25) is 11.6 Å². The molecular weight excluding hydrogens is 948 g/mol. The smallest absolute Gasteiger partial charge is 0.312 e. The molecule has 0 unspecified atom stereocenters. The van der Waals surface area contributed by atoms with Gasteiger partial charge in [-0.2, -0.15) is 0 Å².